The molecule has 0 spiro atoms. The normalized spacial score (nSPS) is 11.2. The van der Waals surface area contributed by atoms with Gasteiger partial charge in [0.2, 0.25) is 0 Å². The lowest BCUT2D eigenvalue weighted by molar-refractivity contribution is -0.137. The number of aromatic nitrogens is 1. The Bertz CT molecular complexity index is 671. The first-order chi connectivity index (χ1) is 9.77. The van der Waals surface area contributed by atoms with Crippen molar-refractivity contribution in [3.8, 4) is 0 Å². The molecule has 0 saturated carbocycles. The van der Waals surface area contributed by atoms with E-state index in [1.165, 1.54) is 12.1 Å². The topological polar surface area (TPSA) is 68.0 Å². The largest absolute Gasteiger partial charge is 0.417 e. The number of hydrogen-bond acceptors (Lipinski definition) is 3. The van der Waals surface area contributed by atoms with E-state index in [9.17, 15) is 18.0 Å². The molecule has 2 aromatic rings. The number of rotatable bonds is 2. The first-order valence-electron chi connectivity index (χ1n) is 5.67. The van der Waals surface area contributed by atoms with E-state index in [4.69, 9.17) is 17.3 Å². The van der Waals surface area contributed by atoms with Crippen LogP contribution in [-0.2, 0) is 6.18 Å². The van der Waals surface area contributed by atoms with Crippen LogP contribution < -0.4 is 11.1 Å². The van der Waals surface area contributed by atoms with Gasteiger partial charge in [0.25, 0.3) is 5.91 Å². The summed E-state index contributed by atoms with van der Waals surface area (Å²) in [6.07, 6.45) is -3.91. The molecule has 0 aliphatic heterocycles. The van der Waals surface area contributed by atoms with E-state index in [0.29, 0.717) is 11.2 Å². The molecule has 0 atom stereocenters. The van der Waals surface area contributed by atoms with Gasteiger partial charge in [-0.1, -0.05) is 11.6 Å². The number of carbonyl (C=O) groups excluding carboxylic acids is 1. The zero-order valence-corrected chi connectivity index (χ0v) is 11.2. The molecule has 1 heterocycles. The maximum absolute atomic E-state index is 12.4. The molecule has 21 heavy (non-hydrogen) atoms. The van der Waals surface area contributed by atoms with E-state index in [2.05, 4.69) is 10.3 Å². The molecule has 1 aromatic heterocycles. The monoisotopic (exact) mass is 315 g/mol. The fourth-order valence-electron chi connectivity index (χ4n) is 1.52. The van der Waals surface area contributed by atoms with Crippen LogP contribution in [0.25, 0.3) is 0 Å². The van der Waals surface area contributed by atoms with Gasteiger partial charge in [-0.15, -0.1) is 0 Å². The van der Waals surface area contributed by atoms with Crippen molar-refractivity contribution in [3.63, 3.8) is 0 Å². The number of alkyl halides is 3. The molecule has 0 aliphatic rings. The van der Waals surface area contributed by atoms with Gasteiger partial charge in [0.05, 0.1) is 16.9 Å². The molecule has 0 radical (unpaired) electrons. The summed E-state index contributed by atoms with van der Waals surface area (Å²) in [7, 11) is 0. The average Bonchev–Trinajstić information content (AvgIpc) is 2.42. The van der Waals surface area contributed by atoms with Crippen molar-refractivity contribution in [2.75, 3.05) is 11.1 Å². The first-order valence-corrected chi connectivity index (χ1v) is 6.05. The summed E-state index contributed by atoms with van der Waals surface area (Å²) in [5, 5.41) is 2.79. The summed E-state index contributed by atoms with van der Waals surface area (Å²) in [5.74, 6) is -0.683. The number of nitrogen functional groups attached to an aromatic ring is 1. The molecule has 0 saturated heterocycles. The average molecular weight is 316 g/mol. The Labute approximate surface area is 122 Å². The zero-order chi connectivity index (χ0) is 15.6. The van der Waals surface area contributed by atoms with Gasteiger partial charge in [0.15, 0.2) is 0 Å². The number of nitrogens with two attached hydrogens (primary N) is 1. The zero-order valence-electron chi connectivity index (χ0n) is 10.4. The Morgan fingerprint density at radius 3 is 2.52 bits per heavy atom. The van der Waals surface area contributed by atoms with Crippen LogP contribution in [0.4, 0.5) is 24.5 Å². The number of nitrogens with zero attached hydrogens (tertiary/aromatic N) is 1. The molecule has 0 unspecified atom stereocenters. The van der Waals surface area contributed by atoms with Crippen molar-refractivity contribution in [3.05, 3.63) is 52.8 Å². The van der Waals surface area contributed by atoms with Gasteiger partial charge in [-0.25, -0.2) is 0 Å². The van der Waals surface area contributed by atoms with Gasteiger partial charge in [-0.2, -0.15) is 13.2 Å². The SMILES string of the molecule is Nc1ccc(Cl)cc1NC(=O)c1ccc(C(F)(F)F)cn1. The molecule has 0 fully saturated rings. The third-order valence-electron chi connectivity index (χ3n) is 2.59. The van der Waals surface area contributed by atoms with E-state index >= 15 is 0 Å². The quantitative estimate of drug-likeness (QED) is 0.832. The third kappa shape index (κ3) is 3.63. The first kappa shape index (κ1) is 15.1. The molecule has 110 valence electrons. The van der Waals surface area contributed by atoms with Gasteiger partial charge in [-0.3, -0.25) is 9.78 Å². The second kappa shape index (κ2) is 5.61. The van der Waals surface area contributed by atoms with Crippen molar-refractivity contribution in [2.45, 2.75) is 6.18 Å². The Hall–Kier alpha value is -2.28. The molecule has 0 aliphatic carbocycles. The lowest BCUT2D eigenvalue weighted by atomic mass is 10.2. The summed E-state index contributed by atoms with van der Waals surface area (Å²) in [5.41, 5.74) is 5.10. The Morgan fingerprint density at radius 1 is 1.24 bits per heavy atom. The Morgan fingerprint density at radius 2 is 1.95 bits per heavy atom. The smallest absolute Gasteiger partial charge is 0.397 e. The lowest BCUT2D eigenvalue weighted by Gasteiger charge is -2.09. The van der Waals surface area contributed by atoms with Crippen LogP contribution in [0.5, 0.6) is 0 Å². The number of amides is 1. The fraction of sp³-hybridized carbons (Fsp3) is 0.0769. The summed E-state index contributed by atoms with van der Waals surface area (Å²) >= 11 is 5.77. The second-order valence-corrected chi connectivity index (χ2v) is 4.55. The van der Waals surface area contributed by atoms with Crippen molar-refractivity contribution < 1.29 is 18.0 Å². The van der Waals surface area contributed by atoms with Crippen LogP contribution in [0.1, 0.15) is 16.1 Å². The molecule has 8 heteroatoms. The Balaban J connectivity index is 2.19. The molecule has 0 bridgehead atoms. The molecule has 1 amide bonds. The summed E-state index contributed by atoms with van der Waals surface area (Å²) < 4.78 is 37.2. The van der Waals surface area contributed by atoms with E-state index in [-0.39, 0.29) is 17.1 Å². The minimum absolute atomic E-state index is 0.164. The maximum Gasteiger partial charge on any atom is 0.417 e. The fourth-order valence-corrected chi connectivity index (χ4v) is 1.69. The van der Waals surface area contributed by atoms with Crippen LogP contribution in [0.15, 0.2) is 36.5 Å². The number of hydrogen-bond donors (Lipinski definition) is 2. The standard InChI is InChI=1S/C13H9ClF3N3O/c14-8-2-3-9(18)11(5-8)20-12(21)10-4-1-7(6-19-10)13(15,16)17/h1-6H,18H2,(H,20,21). The third-order valence-corrected chi connectivity index (χ3v) is 2.82. The van der Waals surface area contributed by atoms with Crippen molar-refractivity contribution in [2.24, 2.45) is 0 Å². The van der Waals surface area contributed by atoms with Gasteiger partial charge >= 0.3 is 6.18 Å². The van der Waals surface area contributed by atoms with Crippen LogP contribution >= 0.6 is 11.6 Å². The van der Waals surface area contributed by atoms with Gasteiger partial charge in [0.1, 0.15) is 5.69 Å². The van der Waals surface area contributed by atoms with Gasteiger partial charge in [-0.05, 0) is 30.3 Å². The number of anilines is 2. The predicted octanol–water partition coefficient (Wildman–Crippen LogP) is 3.59. The summed E-state index contributed by atoms with van der Waals surface area (Å²) in [4.78, 5) is 15.4. The highest BCUT2D eigenvalue weighted by atomic mass is 35.5. The minimum Gasteiger partial charge on any atom is -0.397 e. The Kier molecular flexibility index (Phi) is 4.04. The molecule has 4 nitrogen and oxygen atoms in total. The number of pyridine rings is 1. The van der Waals surface area contributed by atoms with Crippen LogP contribution in [-0.4, -0.2) is 10.9 Å². The summed E-state index contributed by atoms with van der Waals surface area (Å²) in [6, 6.07) is 6.24. The number of halogens is 4. The number of benzene rings is 1. The van der Waals surface area contributed by atoms with Gasteiger partial charge < -0.3 is 11.1 Å². The van der Waals surface area contributed by atoms with Crippen molar-refractivity contribution in [1.29, 1.82) is 0 Å². The second-order valence-electron chi connectivity index (χ2n) is 4.12. The number of nitrogens with one attached hydrogen (secondary N) is 1. The van der Waals surface area contributed by atoms with Crippen LogP contribution in [0, 0.1) is 0 Å². The van der Waals surface area contributed by atoms with E-state index < -0.39 is 17.6 Å². The molecule has 2 rings (SSSR count). The van der Waals surface area contributed by atoms with E-state index in [1.807, 2.05) is 0 Å². The summed E-state index contributed by atoms with van der Waals surface area (Å²) in [6.45, 7) is 0. The van der Waals surface area contributed by atoms with Crippen LogP contribution in [0.2, 0.25) is 5.02 Å². The maximum atomic E-state index is 12.4. The highest BCUT2D eigenvalue weighted by Crippen LogP contribution is 2.28. The number of carbonyl (C=O) groups is 1. The van der Waals surface area contributed by atoms with Gasteiger partial charge in [0, 0.05) is 11.2 Å². The molecular formula is C13H9ClF3N3O. The van der Waals surface area contributed by atoms with Crippen LogP contribution in [0.3, 0.4) is 0 Å². The van der Waals surface area contributed by atoms with E-state index in [0.717, 1.165) is 12.1 Å². The minimum atomic E-state index is -4.50. The predicted molar refractivity (Wildman–Crippen MR) is 73.1 cm³/mol. The van der Waals surface area contributed by atoms with Crippen molar-refractivity contribution in [1.82, 2.24) is 4.98 Å². The molecular weight excluding hydrogens is 307 g/mol. The highest BCUT2D eigenvalue weighted by molar-refractivity contribution is 6.31. The van der Waals surface area contributed by atoms with Crippen molar-refractivity contribution >= 4 is 28.9 Å². The highest BCUT2D eigenvalue weighted by Gasteiger charge is 2.30. The van der Waals surface area contributed by atoms with E-state index in [1.54, 1.807) is 6.07 Å². The molecule has 1 aromatic carbocycles. The lowest BCUT2D eigenvalue weighted by Crippen LogP contribution is -2.15. The molecule has 3 N–H and O–H groups in total.